The predicted molar refractivity (Wildman–Crippen MR) is 121 cm³/mol. The van der Waals surface area contributed by atoms with Gasteiger partial charge in [0, 0.05) is 36.3 Å². The van der Waals surface area contributed by atoms with Crippen molar-refractivity contribution in [3.63, 3.8) is 0 Å². The van der Waals surface area contributed by atoms with Crippen LogP contribution >= 0.6 is 11.6 Å². The largest absolute Gasteiger partial charge is 0.469 e. The molecule has 158 valence electrons. The van der Waals surface area contributed by atoms with Crippen LogP contribution in [0.1, 0.15) is 54.5 Å². The molecule has 0 amide bonds. The second kappa shape index (κ2) is 9.76. The number of hydrogen-bond acceptors (Lipinski definition) is 4. The van der Waals surface area contributed by atoms with Crippen molar-refractivity contribution in [2.45, 2.75) is 44.9 Å². The fourth-order valence-electron chi connectivity index (χ4n) is 4.64. The zero-order chi connectivity index (χ0) is 20.9. The molecule has 0 spiro atoms. The molecule has 1 fully saturated rings. The van der Waals surface area contributed by atoms with E-state index < -0.39 is 0 Å². The second-order valence-electron chi connectivity index (χ2n) is 8.17. The van der Waals surface area contributed by atoms with Crippen LogP contribution in [0.4, 0.5) is 0 Å². The maximum atomic E-state index is 11.3. The van der Waals surface area contributed by atoms with E-state index in [9.17, 15) is 4.79 Å². The molecule has 0 saturated carbocycles. The van der Waals surface area contributed by atoms with Gasteiger partial charge in [-0.25, -0.2) is 0 Å². The minimum Gasteiger partial charge on any atom is -0.469 e. The molecule has 5 heteroatoms. The topological polar surface area (TPSA) is 42.4 Å². The molecule has 2 aliphatic rings. The molecule has 2 heterocycles. The molecule has 4 rings (SSSR count). The fraction of sp³-hybridized carbons (Fsp3) is 0.440. The molecule has 0 unspecified atom stereocenters. The summed E-state index contributed by atoms with van der Waals surface area (Å²) in [6, 6.07) is 10.6. The molecule has 4 nitrogen and oxygen atoms in total. The highest BCUT2D eigenvalue weighted by Crippen LogP contribution is 2.38. The van der Waals surface area contributed by atoms with Crippen LogP contribution in [0.15, 0.2) is 42.1 Å². The Kier molecular flexibility index (Phi) is 6.86. The SMILES string of the molecule is COC(=O)CCCCN1CCC(=C2c3ccc(Cl)cc3CCc3cccnc32)CC1. The first-order valence-electron chi connectivity index (χ1n) is 10.9. The number of carbonyl (C=O) groups is 1. The number of unbranched alkanes of at least 4 members (excludes halogenated alkanes) is 1. The number of fused-ring (bicyclic) bond motifs is 2. The Labute approximate surface area is 183 Å². The van der Waals surface area contributed by atoms with E-state index in [-0.39, 0.29) is 5.97 Å². The van der Waals surface area contributed by atoms with Gasteiger partial charge in [-0.1, -0.05) is 29.3 Å². The van der Waals surface area contributed by atoms with Crippen molar-refractivity contribution in [3.05, 3.63) is 69.5 Å². The molecular formula is C25H29ClN2O2. The highest BCUT2D eigenvalue weighted by molar-refractivity contribution is 6.30. The number of methoxy groups -OCH3 is 1. The molecule has 0 bridgehead atoms. The molecule has 1 aromatic heterocycles. The van der Waals surface area contributed by atoms with Gasteiger partial charge in [0.2, 0.25) is 0 Å². The van der Waals surface area contributed by atoms with E-state index in [1.54, 1.807) is 0 Å². The van der Waals surface area contributed by atoms with Crippen LogP contribution in [0.25, 0.3) is 5.57 Å². The first-order chi connectivity index (χ1) is 14.7. The number of piperidine rings is 1. The lowest BCUT2D eigenvalue weighted by Gasteiger charge is -2.30. The maximum Gasteiger partial charge on any atom is 0.305 e. The smallest absolute Gasteiger partial charge is 0.305 e. The Balaban J connectivity index is 1.53. The third-order valence-corrected chi connectivity index (χ3v) is 6.51. The van der Waals surface area contributed by atoms with Gasteiger partial charge in [-0.3, -0.25) is 9.78 Å². The Hall–Kier alpha value is -2.17. The Morgan fingerprint density at radius 2 is 1.90 bits per heavy atom. The van der Waals surface area contributed by atoms with E-state index >= 15 is 0 Å². The number of aromatic nitrogens is 1. The third-order valence-electron chi connectivity index (χ3n) is 6.27. The minimum absolute atomic E-state index is 0.112. The van der Waals surface area contributed by atoms with Crippen LogP contribution in [-0.2, 0) is 22.4 Å². The summed E-state index contributed by atoms with van der Waals surface area (Å²) in [5.74, 6) is -0.112. The fourth-order valence-corrected chi connectivity index (χ4v) is 4.83. The maximum absolute atomic E-state index is 11.3. The van der Waals surface area contributed by atoms with Gasteiger partial charge in [0.1, 0.15) is 0 Å². The molecule has 2 aromatic rings. The summed E-state index contributed by atoms with van der Waals surface area (Å²) in [7, 11) is 1.45. The summed E-state index contributed by atoms with van der Waals surface area (Å²) in [6.45, 7) is 3.16. The molecule has 30 heavy (non-hydrogen) atoms. The van der Waals surface area contributed by atoms with E-state index in [1.165, 1.54) is 34.9 Å². The monoisotopic (exact) mass is 424 g/mol. The van der Waals surface area contributed by atoms with Crippen molar-refractivity contribution in [1.82, 2.24) is 9.88 Å². The standard InChI is InChI=1S/C25H29ClN2O2/c1-30-23(29)6-2-3-14-28-15-11-18(12-16-28)24-22-10-9-21(26)17-20(22)8-7-19-5-4-13-27-25(19)24/h4-5,9-10,13,17H,2-3,6-8,11-12,14-16H2,1H3. The number of hydrogen-bond donors (Lipinski definition) is 0. The van der Waals surface area contributed by atoms with Gasteiger partial charge >= 0.3 is 5.97 Å². The number of ether oxygens (including phenoxy) is 1. The normalized spacial score (nSPS) is 16.6. The Morgan fingerprint density at radius 1 is 1.10 bits per heavy atom. The van der Waals surface area contributed by atoms with E-state index in [4.69, 9.17) is 21.3 Å². The van der Waals surface area contributed by atoms with Crippen LogP contribution in [-0.4, -0.2) is 42.6 Å². The molecule has 0 radical (unpaired) electrons. The highest BCUT2D eigenvalue weighted by Gasteiger charge is 2.25. The second-order valence-corrected chi connectivity index (χ2v) is 8.60. The zero-order valence-corrected chi connectivity index (χ0v) is 18.4. The molecular weight excluding hydrogens is 396 g/mol. The van der Waals surface area contributed by atoms with Crippen LogP contribution in [0.3, 0.4) is 0 Å². The molecule has 0 N–H and O–H groups in total. The van der Waals surface area contributed by atoms with Crippen molar-refractivity contribution in [1.29, 1.82) is 0 Å². The molecule has 1 aliphatic heterocycles. The summed E-state index contributed by atoms with van der Waals surface area (Å²) < 4.78 is 4.73. The Bertz CT molecular complexity index is 944. The number of halogens is 1. The van der Waals surface area contributed by atoms with Crippen LogP contribution < -0.4 is 0 Å². The van der Waals surface area contributed by atoms with Crippen molar-refractivity contribution < 1.29 is 9.53 Å². The first kappa shape index (κ1) is 21.1. The highest BCUT2D eigenvalue weighted by atomic mass is 35.5. The van der Waals surface area contributed by atoms with Gasteiger partial charge in [-0.2, -0.15) is 0 Å². The molecule has 1 saturated heterocycles. The number of likely N-dealkylation sites (tertiary alicyclic amines) is 1. The lowest BCUT2D eigenvalue weighted by atomic mass is 9.88. The lowest BCUT2D eigenvalue weighted by molar-refractivity contribution is -0.140. The van der Waals surface area contributed by atoms with E-state index in [0.717, 1.165) is 68.9 Å². The first-order valence-corrected chi connectivity index (χ1v) is 11.3. The van der Waals surface area contributed by atoms with Crippen molar-refractivity contribution in [2.75, 3.05) is 26.7 Å². The summed E-state index contributed by atoms with van der Waals surface area (Å²) in [6.07, 6.45) is 8.47. The lowest BCUT2D eigenvalue weighted by Crippen LogP contribution is -2.32. The van der Waals surface area contributed by atoms with Crippen LogP contribution in [0.5, 0.6) is 0 Å². The number of esters is 1. The van der Waals surface area contributed by atoms with Crippen molar-refractivity contribution in [2.24, 2.45) is 0 Å². The summed E-state index contributed by atoms with van der Waals surface area (Å²) >= 11 is 6.32. The van der Waals surface area contributed by atoms with Crippen LogP contribution in [0.2, 0.25) is 5.02 Å². The molecule has 1 aliphatic carbocycles. The van der Waals surface area contributed by atoms with E-state index in [2.05, 4.69) is 23.1 Å². The van der Waals surface area contributed by atoms with Crippen LogP contribution in [0, 0.1) is 0 Å². The summed E-state index contributed by atoms with van der Waals surface area (Å²) in [4.78, 5) is 18.6. The van der Waals surface area contributed by atoms with Gasteiger partial charge in [-0.05, 0) is 80.0 Å². The number of carbonyl (C=O) groups excluding carboxylic acids is 1. The molecule has 1 aromatic carbocycles. The zero-order valence-electron chi connectivity index (χ0n) is 17.6. The molecule has 0 atom stereocenters. The average Bonchev–Trinajstić information content (AvgIpc) is 2.93. The minimum atomic E-state index is -0.112. The number of benzene rings is 1. The van der Waals surface area contributed by atoms with Gasteiger partial charge in [0.15, 0.2) is 0 Å². The van der Waals surface area contributed by atoms with Gasteiger partial charge < -0.3 is 9.64 Å². The quantitative estimate of drug-likeness (QED) is 0.496. The van der Waals surface area contributed by atoms with Crippen molar-refractivity contribution >= 4 is 23.1 Å². The van der Waals surface area contributed by atoms with Gasteiger partial charge in [0.05, 0.1) is 12.8 Å². The summed E-state index contributed by atoms with van der Waals surface area (Å²) in [5.41, 5.74) is 7.95. The third kappa shape index (κ3) is 4.76. The van der Waals surface area contributed by atoms with Gasteiger partial charge in [0.25, 0.3) is 0 Å². The predicted octanol–water partition coefficient (Wildman–Crippen LogP) is 5.07. The number of aryl methyl sites for hydroxylation is 2. The summed E-state index contributed by atoms with van der Waals surface area (Å²) in [5, 5.41) is 0.804. The average molecular weight is 425 g/mol. The van der Waals surface area contributed by atoms with Crippen molar-refractivity contribution in [3.8, 4) is 0 Å². The van der Waals surface area contributed by atoms with E-state index in [0.29, 0.717) is 6.42 Å². The Morgan fingerprint density at radius 3 is 2.70 bits per heavy atom. The number of rotatable bonds is 5. The number of nitrogens with zero attached hydrogens (tertiary/aromatic N) is 2. The van der Waals surface area contributed by atoms with Gasteiger partial charge in [-0.15, -0.1) is 0 Å². The van der Waals surface area contributed by atoms with E-state index in [1.807, 2.05) is 18.3 Å². The number of pyridine rings is 1.